The van der Waals surface area contributed by atoms with E-state index in [2.05, 4.69) is 39.6 Å². The van der Waals surface area contributed by atoms with Crippen LogP contribution in [0.15, 0.2) is 11.3 Å². The van der Waals surface area contributed by atoms with Gasteiger partial charge < -0.3 is 10.6 Å². The van der Waals surface area contributed by atoms with Crippen LogP contribution in [0.5, 0.6) is 0 Å². The van der Waals surface area contributed by atoms with E-state index in [1.807, 2.05) is 7.05 Å². The molecule has 1 aliphatic rings. The Labute approximate surface area is 157 Å². The lowest BCUT2D eigenvalue weighted by Crippen LogP contribution is -2.40. The van der Waals surface area contributed by atoms with Crippen molar-refractivity contribution in [3.63, 3.8) is 0 Å². The second-order valence-corrected chi connectivity index (χ2v) is 6.17. The molecule has 0 saturated heterocycles. The van der Waals surface area contributed by atoms with E-state index in [1.54, 1.807) is 11.0 Å². The first-order valence-electron chi connectivity index (χ1n) is 8.58. The number of rotatable bonds is 6. The molecule has 0 bridgehead atoms. The molecule has 0 atom stereocenters. The molecule has 0 spiro atoms. The molecular formula is C16H31IN6. The third-order valence-corrected chi connectivity index (χ3v) is 4.63. The number of nitrogens with one attached hydrogen (secondary N) is 2. The van der Waals surface area contributed by atoms with E-state index >= 15 is 0 Å². The molecule has 1 heterocycles. The maximum absolute atomic E-state index is 4.60. The van der Waals surface area contributed by atoms with Crippen molar-refractivity contribution in [1.82, 2.24) is 25.4 Å². The topological polar surface area (TPSA) is 67.1 Å². The fourth-order valence-electron chi connectivity index (χ4n) is 3.04. The standard InChI is InChI=1S/C16H30N6.HI/c1-4-13-6-8-14(9-7-13)10-18-16(17-5-2)19-11-15-20-12-21-22(15)3;/h12-14H,4-11H2,1-3H3,(H2,17,18,19);1H. The van der Waals surface area contributed by atoms with Gasteiger partial charge in [-0.1, -0.05) is 26.2 Å². The molecule has 2 N–H and O–H groups in total. The van der Waals surface area contributed by atoms with Crippen molar-refractivity contribution in [2.45, 2.75) is 52.5 Å². The van der Waals surface area contributed by atoms with E-state index in [0.717, 1.165) is 36.7 Å². The quantitative estimate of drug-likeness (QED) is 0.411. The molecule has 0 radical (unpaired) electrons. The number of guanidine groups is 1. The van der Waals surface area contributed by atoms with Crippen LogP contribution in [0.1, 0.15) is 51.8 Å². The summed E-state index contributed by atoms with van der Waals surface area (Å²) in [5.74, 6) is 3.49. The summed E-state index contributed by atoms with van der Waals surface area (Å²) in [7, 11) is 1.89. The molecule has 0 amide bonds. The van der Waals surface area contributed by atoms with Crippen LogP contribution in [0.4, 0.5) is 0 Å². The zero-order chi connectivity index (χ0) is 15.8. The van der Waals surface area contributed by atoms with Crippen molar-refractivity contribution in [2.24, 2.45) is 23.9 Å². The third kappa shape index (κ3) is 6.64. The molecule has 132 valence electrons. The van der Waals surface area contributed by atoms with Crippen LogP contribution in [0.3, 0.4) is 0 Å². The number of hydrogen-bond donors (Lipinski definition) is 2. The Bertz CT molecular complexity index is 465. The molecule has 0 unspecified atom stereocenters. The van der Waals surface area contributed by atoms with Crippen LogP contribution in [0.2, 0.25) is 0 Å². The maximum atomic E-state index is 4.60. The summed E-state index contributed by atoms with van der Waals surface area (Å²) in [6, 6.07) is 0. The Balaban J connectivity index is 0.00000264. The van der Waals surface area contributed by atoms with E-state index in [-0.39, 0.29) is 24.0 Å². The number of halogens is 1. The highest BCUT2D eigenvalue weighted by atomic mass is 127. The van der Waals surface area contributed by atoms with Gasteiger partial charge in [0, 0.05) is 20.1 Å². The molecule has 1 fully saturated rings. The molecule has 1 aromatic heterocycles. The zero-order valence-electron chi connectivity index (χ0n) is 14.6. The van der Waals surface area contributed by atoms with E-state index in [1.165, 1.54) is 32.1 Å². The normalized spacial score (nSPS) is 21.6. The van der Waals surface area contributed by atoms with Crippen LogP contribution in [0.25, 0.3) is 0 Å². The molecule has 1 saturated carbocycles. The lowest BCUT2D eigenvalue weighted by Gasteiger charge is -2.28. The highest BCUT2D eigenvalue weighted by Gasteiger charge is 2.19. The minimum Gasteiger partial charge on any atom is -0.357 e. The first-order valence-corrected chi connectivity index (χ1v) is 8.58. The Hall–Kier alpha value is -0.860. The summed E-state index contributed by atoms with van der Waals surface area (Å²) < 4.78 is 1.76. The monoisotopic (exact) mass is 434 g/mol. The smallest absolute Gasteiger partial charge is 0.191 e. The number of nitrogens with zero attached hydrogens (tertiary/aromatic N) is 4. The van der Waals surface area contributed by atoms with Gasteiger partial charge in [0.2, 0.25) is 0 Å². The predicted octanol–water partition coefficient (Wildman–Crippen LogP) is 2.70. The van der Waals surface area contributed by atoms with Gasteiger partial charge in [-0.15, -0.1) is 24.0 Å². The molecular weight excluding hydrogens is 403 g/mol. The van der Waals surface area contributed by atoms with Gasteiger partial charge in [0.05, 0.1) is 0 Å². The number of aromatic nitrogens is 3. The fraction of sp³-hybridized carbons (Fsp3) is 0.812. The highest BCUT2D eigenvalue weighted by Crippen LogP contribution is 2.29. The SMILES string of the molecule is CCNC(=NCc1ncnn1C)NCC1CCC(CC)CC1.I. The minimum absolute atomic E-state index is 0. The average Bonchev–Trinajstić information content (AvgIpc) is 2.96. The predicted molar refractivity (Wildman–Crippen MR) is 105 cm³/mol. The van der Waals surface area contributed by atoms with E-state index in [4.69, 9.17) is 0 Å². The molecule has 2 rings (SSSR count). The van der Waals surface area contributed by atoms with Crippen LogP contribution in [-0.4, -0.2) is 33.8 Å². The number of hydrogen-bond acceptors (Lipinski definition) is 3. The fourth-order valence-corrected chi connectivity index (χ4v) is 3.04. The van der Waals surface area contributed by atoms with Gasteiger partial charge >= 0.3 is 0 Å². The van der Waals surface area contributed by atoms with Gasteiger partial charge in [0.25, 0.3) is 0 Å². The number of aliphatic imine (C=N–C) groups is 1. The second kappa shape index (κ2) is 10.8. The van der Waals surface area contributed by atoms with Gasteiger partial charge in [-0.25, -0.2) is 9.98 Å². The van der Waals surface area contributed by atoms with Crippen LogP contribution < -0.4 is 10.6 Å². The zero-order valence-corrected chi connectivity index (χ0v) is 16.9. The molecule has 1 aliphatic carbocycles. The Morgan fingerprint density at radius 3 is 2.48 bits per heavy atom. The summed E-state index contributed by atoms with van der Waals surface area (Å²) in [6.45, 7) is 6.83. The first-order chi connectivity index (χ1) is 10.7. The van der Waals surface area contributed by atoms with Gasteiger partial charge in [0.1, 0.15) is 18.7 Å². The lowest BCUT2D eigenvalue weighted by atomic mass is 9.81. The van der Waals surface area contributed by atoms with Crippen LogP contribution in [-0.2, 0) is 13.6 Å². The summed E-state index contributed by atoms with van der Waals surface area (Å²) in [5.41, 5.74) is 0. The van der Waals surface area contributed by atoms with Crippen molar-refractivity contribution in [3.8, 4) is 0 Å². The molecule has 0 aliphatic heterocycles. The molecule has 6 nitrogen and oxygen atoms in total. The minimum atomic E-state index is 0. The molecule has 7 heteroatoms. The van der Waals surface area contributed by atoms with Crippen molar-refractivity contribution >= 4 is 29.9 Å². The Morgan fingerprint density at radius 1 is 1.22 bits per heavy atom. The van der Waals surface area contributed by atoms with Gasteiger partial charge in [0.15, 0.2) is 5.96 Å². The van der Waals surface area contributed by atoms with E-state index in [9.17, 15) is 0 Å². The lowest BCUT2D eigenvalue weighted by molar-refractivity contribution is 0.269. The van der Waals surface area contributed by atoms with Gasteiger partial charge in [-0.2, -0.15) is 5.10 Å². The summed E-state index contributed by atoms with van der Waals surface area (Å²) in [4.78, 5) is 8.81. The second-order valence-electron chi connectivity index (χ2n) is 6.17. The van der Waals surface area contributed by atoms with Gasteiger partial charge in [-0.05, 0) is 31.6 Å². The van der Waals surface area contributed by atoms with Crippen LogP contribution >= 0.6 is 24.0 Å². The average molecular weight is 434 g/mol. The molecule has 1 aromatic rings. The number of aryl methyl sites for hydroxylation is 1. The highest BCUT2D eigenvalue weighted by molar-refractivity contribution is 14.0. The largest absolute Gasteiger partial charge is 0.357 e. The first kappa shape index (κ1) is 20.2. The summed E-state index contributed by atoms with van der Waals surface area (Å²) >= 11 is 0. The Morgan fingerprint density at radius 2 is 1.91 bits per heavy atom. The third-order valence-electron chi connectivity index (χ3n) is 4.63. The molecule has 0 aromatic carbocycles. The van der Waals surface area contributed by atoms with Crippen molar-refractivity contribution in [1.29, 1.82) is 0 Å². The summed E-state index contributed by atoms with van der Waals surface area (Å²) in [5, 5.41) is 10.9. The van der Waals surface area contributed by atoms with Gasteiger partial charge in [-0.3, -0.25) is 4.68 Å². The summed E-state index contributed by atoms with van der Waals surface area (Å²) in [6.07, 6.45) is 8.35. The van der Waals surface area contributed by atoms with E-state index < -0.39 is 0 Å². The van der Waals surface area contributed by atoms with Crippen LogP contribution in [0, 0.1) is 11.8 Å². The van der Waals surface area contributed by atoms with Crippen molar-refractivity contribution in [3.05, 3.63) is 12.2 Å². The van der Waals surface area contributed by atoms with Crippen molar-refractivity contribution in [2.75, 3.05) is 13.1 Å². The Kier molecular flexibility index (Phi) is 9.50. The molecule has 23 heavy (non-hydrogen) atoms. The van der Waals surface area contributed by atoms with E-state index in [0.29, 0.717) is 6.54 Å². The van der Waals surface area contributed by atoms with Crippen molar-refractivity contribution < 1.29 is 0 Å². The maximum Gasteiger partial charge on any atom is 0.191 e.